The second-order valence-corrected chi connectivity index (χ2v) is 3.68. The highest BCUT2D eigenvalue weighted by Crippen LogP contribution is 2.10. The second kappa shape index (κ2) is 8.59. The molecule has 0 saturated heterocycles. The third-order valence-electron chi connectivity index (χ3n) is 1.86. The number of carbonyl (C=O) groups excluding carboxylic acids is 2. The first-order valence-corrected chi connectivity index (χ1v) is 5.65. The summed E-state index contributed by atoms with van der Waals surface area (Å²) in [5.74, 6) is -2.40. The number of non-ortho nitro benzene ring substituents is 1. The Morgan fingerprint density at radius 1 is 1.25 bits per heavy atom. The Labute approximate surface area is 118 Å². The maximum absolute atomic E-state index is 10.5. The Hall–Kier alpha value is -2.48. The number of amides is 1. The Balaban J connectivity index is 0.000000396. The largest absolute Gasteiger partial charge is 0.481 e. The molecule has 1 aromatic carbocycles. The van der Waals surface area contributed by atoms with E-state index in [0.717, 1.165) is 0 Å². The Morgan fingerprint density at radius 3 is 2.00 bits per heavy atom. The Bertz CT molecular complexity index is 481. The highest BCUT2D eigenvalue weighted by molar-refractivity contribution is 6.28. The van der Waals surface area contributed by atoms with Gasteiger partial charge in [-0.2, -0.15) is 0 Å². The number of alkyl halides is 1. The molecule has 0 heterocycles. The van der Waals surface area contributed by atoms with Gasteiger partial charge < -0.3 is 10.8 Å². The summed E-state index contributed by atoms with van der Waals surface area (Å²) in [7, 11) is 0. The van der Waals surface area contributed by atoms with Crippen molar-refractivity contribution < 1.29 is 24.4 Å². The number of hydrogen-bond acceptors (Lipinski definition) is 5. The number of primary amides is 1. The molecule has 1 amide bonds. The lowest BCUT2D eigenvalue weighted by molar-refractivity contribution is -0.384. The number of Topliss-reactive ketones (excluding diaryl/α,β-unsaturated/α-hetero) is 1. The van der Waals surface area contributed by atoms with Crippen molar-refractivity contribution in [1.29, 1.82) is 0 Å². The standard InChI is InChI=1S/C7H6N2O3.C4H5ClO3/c8-7(10)5-1-3-6(4-2-5)9(11)12;5-2-3(6)1-4(7)8/h1-4H,(H2,8,10);1-2H2,(H,7,8). The number of rotatable bonds is 5. The number of nitro groups is 1. The number of nitrogens with two attached hydrogens (primary N) is 1. The van der Waals surface area contributed by atoms with Crippen molar-refractivity contribution in [3.63, 3.8) is 0 Å². The van der Waals surface area contributed by atoms with Crippen molar-refractivity contribution >= 4 is 34.9 Å². The Kier molecular flexibility index (Phi) is 7.53. The van der Waals surface area contributed by atoms with Crippen LogP contribution in [0.15, 0.2) is 24.3 Å². The third kappa shape index (κ3) is 7.07. The summed E-state index contributed by atoms with van der Waals surface area (Å²) >= 11 is 4.98. The van der Waals surface area contributed by atoms with Gasteiger partial charge in [-0.15, -0.1) is 11.6 Å². The molecule has 0 bridgehead atoms. The summed E-state index contributed by atoms with van der Waals surface area (Å²) in [6.45, 7) is 0. The molecule has 3 N–H and O–H groups in total. The molecule has 9 heteroatoms. The number of carboxylic acid groups (broad SMARTS) is 1. The third-order valence-corrected chi connectivity index (χ3v) is 2.16. The summed E-state index contributed by atoms with van der Waals surface area (Å²) < 4.78 is 0. The summed E-state index contributed by atoms with van der Waals surface area (Å²) in [6, 6.07) is 5.11. The predicted octanol–water partition coefficient (Wildman–Crippen LogP) is 0.963. The van der Waals surface area contributed by atoms with E-state index in [1.807, 2.05) is 0 Å². The lowest BCUT2D eigenvalue weighted by Gasteiger charge is -1.93. The molecule has 0 atom stereocenters. The van der Waals surface area contributed by atoms with Crippen LogP contribution in [0.3, 0.4) is 0 Å². The van der Waals surface area contributed by atoms with Crippen LogP contribution in [0.2, 0.25) is 0 Å². The molecule has 8 nitrogen and oxygen atoms in total. The molecule has 0 aromatic heterocycles. The quantitative estimate of drug-likeness (QED) is 0.359. The maximum atomic E-state index is 10.5. The van der Waals surface area contributed by atoms with E-state index in [2.05, 4.69) is 0 Å². The lowest BCUT2D eigenvalue weighted by atomic mass is 10.2. The molecular weight excluding hydrogens is 292 g/mol. The average Bonchev–Trinajstić information content (AvgIpc) is 2.38. The van der Waals surface area contributed by atoms with Crippen LogP contribution in [0.4, 0.5) is 5.69 Å². The van der Waals surface area contributed by atoms with Gasteiger partial charge in [-0.25, -0.2) is 0 Å². The fraction of sp³-hybridized carbons (Fsp3) is 0.182. The molecule has 0 aliphatic carbocycles. The first-order chi connectivity index (χ1) is 9.27. The van der Waals surface area contributed by atoms with Crippen molar-refractivity contribution in [3.05, 3.63) is 39.9 Å². The van der Waals surface area contributed by atoms with E-state index >= 15 is 0 Å². The van der Waals surface area contributed by atoms with Gasteiger partial charge in [0, 0.05) is 17.7 Å². The predicted molar refractivity (Wildman–Crippen MR) is 69.6 cm³/mol. The summed E-state index contributed by atoms with van der Waals surface area (Å²) in [6.07, 6.45) is -0.469. The zero-order chi connectivity index (χ0) is 15.7. The smallest absolute Gasteiger partial charge is 0.310 e. The van der Waals surface area contributed by atoms with Gasteiger partial charge in [-0.05, 0) is 12.1 Å². The molecule has 0 unspecified atom stereocenters. The SMILES string of the molecule is NC(=O)c1ccc([N+](=O)[O-])cc1.O=C(O)CC(=O)CCl. The van der Waals surface area contributed by atoms with Gasteiger partial charge in [0.25, 0.3) is 5.69 Å². The molecule has 108 valence electrons. The fourth-order valence-corrected chi connectivity index (χ4v) is 1.06. The van der Waals surface area contributed by atoms with E-state index in [-0.39, 0.29) is 17.1 Å². The van der Waals surface area contributed by atoms with Gasteiger partial charge >= 0.3 is 5.97 Å². The minimum Gasteiger partial charge on any atom is -0.481 e. The zero-order valence-electron chi connectivity index (χ0n) is 10.1. The summed E-state index contributed by atoms with van der Waals surface area (Å²) in [5.41, 5.74) is 5.14. The molecule has 0 aliphatic heterocycles. The van der Waals surface area contributed by atoms with E-state index in [1.165, 1.54) is 24.3 Å². The summed E-state index contributed by atoms with van der Waals surface area (Å²) in [4.78, 5) is 40.0. The van der Waals surface area contributed by atoms with Crippen LogP contribution < -0.4 is 5.73 Å². The van der Waals surface area contributed by atoms with Gasteiger partial charge in [0.15, 0.2) is 5.78 Å². The van der Waals surface area contributed by atoms with Crippen LogP contribution in [0, 0.1) is 10.1 Å². The van der Waals surface area contributed by atoms with E-state index in [4.69, 9.17) is 22.4 Å². The number of ketones is 1. The van der Waals surface area contributed by atoms with Gasteiger partial charge in [0.1, 0.15) is 6.42 Å². The van der Waals surface area contributed by atoms with Crippen LogP contribution in [0.1, 0.15) is 16.8 Å². The molecule has 1 aromatic rings. The van der Waals surface area contributed by atoms with Crippen LogP contribution in [0.5, 0.6) is 0 Å². The molecule has 0 radical (unpaired) electrons. The van der Waals surface area contributed by atoms with Gasteiger partial charge in [0.05, 0.1) is 10.8 Å². The Morgan fingerprint density at radius 2 is 1.75 bits per heavy atom. The number of aliphatic carboxylic acids is 1. The number of halogens is 1. The van der Waals surface area contributed by atoms with Crippen LogP contribution in [-0.4, -0.2) is 33.6 Å². The zero-order valence-corrected chi connectivity index (χ0v) is 10.9. The monoisotopic (exact) mass is 302 g/mol. The molecular formula is C11H11ClN2O6. The minimum atomic E-state index is -1.13. The van der Waals surface area contributed by atoms with Crippen molar-refractivity contribution in [2.45, 2.75) is 6.42 Å². The first-order valence-electron chi connectivity index (χ1n) is 5.11. The molecule has 0 aliphatic rings. The van der Waals surface area contributed by atoms with Gasteiger partial charge in [0.2, 0.25) is 5.91 Å². The molecule has 0 spiro atoms. The topological polar surface area (TPSA) is 141 Å². The highest BCUT2D eigenvalue weighted by Gasteiger charge is 2.05. The molecule has 0 fully saturated rings. The van der Waals surface area contributed by atoms with Crippen molar-refractivity contribution in [2.75, 3.05) is 5.88 Å². The number of nitrogens with zero attached hydrogens (tertiary/aromatic N) is 1. The minimum absolute atomic E-state index is 0.0556. The number of carbonyl (C=O) groups is 3. The van der Waals surface area contributed by atoms with E-state index in [0.29, 0.717) is 0 Å². The van der Waals surface area contributed by atoms with Gasteiger partial charge in [-0.1, -0.05) is 0 Å². The molecule has 20 heavy (non-hydrogen) atoms. The van der Waals surface area contributed by atoms with Gasteiger partial charge in [-0.3, -0.25) is 24.5 Å². The van der Waals surface area contributed by atoms with Crippen molar-refractivity contribution in [3.8, 4) is 0 Å². The average molecular weight is 303 g/mol. The van der Waals surface area contributed by atoms with E-state index in [9.17, 15) is 24.5 Å². The number of benzene rings is 1. The number of hydrogen-bond donors (Lipinski definition) is 2. The van der Waals surface area contributed by atoms with Crippen molar-refractivity contribution in [2.24, 2.45) is 5.73 Å². The first kappa shape index (κ1) is 17.5. The van der Waals surface area contributed by atoms with E-state index < -0.39 is 29.0 Å². The molecule has 1 rings (SSSR count). The van der Waals surface area contributed by atoms with Crippen molar-refractivity contribution in [1.82, 2.24) is 0 Å². The normalized spacial score (nSPS) is 9.05. The fourth-order valence-electron chi connectivity index (χ4n) is 0.963. The maximum Gasteiger partial charge on any atom is 0.310 e. The highest BCUT2D eigenvalue weighted by atomic mass is 35.5. The second-order valence-electron chi connectivity index (χ2n) is 3.41. The van der Waals surface area contributed by atoms with Crippen LogP contribution >= 0.6 is 11.6 Å². The van der Waals surface area contributed by atoms with E-state index in [1.54, 1.807) is 0 Å². The summed E-state index contributed by atoms with van der Waals surface area (Å²) in [5, 5.41) is 18.1. The lowest BCUT2D eigenvalue weighted by Crippen LogP contribution is -2.10. The van der Waals surface area contributed by atoms with Crippen LogP contribution in [0.25, 0.3) is 0 Å². The number of nitro benzene ring substituents is 1. The van der Waals surface area contributed by atoms with Crippen LogP contribution in [-0.2, 0) is 9.59 Å². The molecule has 0 saturated carbocycles. The number of carboxylic acids is 1.